The lowest BCUT2D eigenvalue weighted by atomic mass is 9.87. The lowest BCUT2D eigenvalue weighted by molar-refractivity contribution is -0.144. The lowest BCUT2D eigenvalue weighted by Gasteiger charge is -2.41. The topological polar surface area (TPSA) is 69.6 Å². The van der Waals surface area contributed by atoms with Gasteiger partial charge in [-0.05, 0) is 18.8 Å². The quantitative estimate of drug-likeness (QED) is 0.712. The number of carbonyl (C=O) groups is 2. The van der Waals surface area contributed by atoms with Crippen LogP contribution in [0.2, 0.25) is 0 Å². The zero-order chi connectivity index (χ0) is 13.7. The maximum Gasteiger partial charge on any atom is 0.317 e. The molecule has 1 rings (SSSR count). The molecule has 0 aromatic carbocycles. The van der Waals surface area contributed by atoms with E-state index in [2.05, 4.69) is 19.2 Å². The lowest BCUT2D eigenvalue weighted by Crippen LogP contribution is -2.56. The summed E-state index contributed by atoms with van der Waals surface area (Å²) in [6, 6.07) is -0.0624. The van der Waals surface area contributed by atoms with Gasteiger partial charge >= 0.3 is 12.0 Å². The Bertz CT molecular complexity index is 299. The van der Waals surface area contributed by atoms with Crippen LogP contribution < -0.4 is 5.32 Å². The molecule has 2 amide bonds. The number of nitrogens with one attached hydrogen (secondary N) is 1. The van der Waals surface area contributed by atoms with Crippen molar-refractivity contribution in [2.45, 2.75) is 33.6 Å². The van der Waals surface area contributed by atoms with Gasteiger partial charge in [0, 0.05) is 25.6 Å². The van der Waals surface area contributed by atoms with Gasteiger partial charge in [-0.3, -0.25) is 4.79 Å². The summed E-state index contributed by atoms with van der Waals surface area (Å²) in [6.07, 6.45) is 2.10. The summed E-state index contributed by atoms with van der Waals surface area (Å²) in [5.74, 6) is -0.386. The molecule has 1 fully saturated rings. The van der Waals surface area contributed by atoms with E-state index >= 15 is 0 Å². The van der Waals surface area contributed by atoms with Crippen molar-refractivity contribution < 1.29 is 14.7 Å². The van der Waals surface area contributed by atoms with Crippen molar-refractivity contribution >= 4 is 12.0 Å². The fraction of sp³-hybridized carbons (Fsp3) is 0.846. The predicted molar refractivity (Wildman–Crippen MR) is 69.3 cm³/mol. The molecule has 0 radical (unpaired) electrons. The molecule has 1 atom stereocenters. The first kappa shape index (κ1) is 14.8. The van der Waals surface area contributed by atoms with Gasteiger partial charge in [-0.15, -0.1) is 0 Å². The number of carboxylic acid groups (broad SMARTS) is 1. The van der Waals surface area contributed by atoms with Crippen LogP contribution in [0.4, 0.5) is 4.79 Å². The molecule has 0 bridgehead atoms. The number of hydrogen-bond acceptors (Lipinski definition) is 2. The highest BCUT2D eigenvalue weighted by molar-refractivity contribution is 5.76. The largest absolute Gasteiger partial charge is 0.481 e. The third-order valence-corrected chi connectivity index (χ3v) is 3.53. The van der Waals surface area contributed by atoms with E-state index < -0.39 is 5.97 Å². The monoisotopic (exact) mass is 256 g/mol. The molecule has 1 unspecified atom stereocenters. The van der Waals surface area contributed by atoms with E-state index in [9.17, 15) is 9.59 Å². The van der Waals surface area contributed by atoms with Gasteiger partial charge in [0.25, 0.3) is 0 Å². The zero-order valence-electron chi connectivity index (χ0n) is 11.5. The van der Waals surface area contributed by atoms with Crippen LogP contribution in [0.25, 0.3) is 0 Å². The number of aliphatic carboxylic acids is 1. The molecule has 0 saturated carbocycles. The molecule has 1 heterocycles. The van der Waals surface area contributed by atoms with E-state index in [0.29, 0.717) is 25.6 Å². The summed E-state index contributed by atoms with van der Waals surface area (Å²) in [6.45, 7) is 7.84. The summed E-state index contributed by atoms with van der Waals surface area (Å²) < 4.78 is 0. The number of carboxylic acids is 1. The highest BCUT2D eigenvalue weighted by atomic mass is 16.4. The van der Waals surface area contributed by atoms with Crippen molar-refractivity contribution in [1.82, 2.24) is 10.2 Å². The summed E-state index contributed by atoms with van der Waals surface area (Å²) in [4.78, 5) is 24.1. The Morgan fingerprint density at radius 1 is 1.33 bits per heavy atom. The second kappa shape index (κ2) is 6.61. The summed E-state index contributed by atoms with van der Waals surface area (Å²) in [5.41, 5.74) is 0. The van der Waals surface area contributed by atoms with Crippen molar-refractivity contribution in [3.63, 3.8) is 0 Å². The second-order valence-corrected chi connectivity index (χ2v) is 5.56. The van der Waals surface area contributed by atoms with Crippen LogP contribution in [0.1, 0.15) is 33.6 Å². The maximum atomic E-state index is 11.7. The van der Waals surface area contributed by atoms with Crippen molar-refractivity contribution in [2.75, 3.05) is 19.6 Å². The molecule has 0 aromatic rings. The van der Waals surface area contributed by atoms with E-state index in [4.69, 9.17) is 5.11 Å². The number of likely N-dealkylation sites (tertiary alicyclic amines) is 1. The van der Waals surface area contributed by atoms with Gasteiger partial charge in [0.15, 0.2) is 0 Å². The van der Waals surface area contributed by atoms with E-state index in [1.165, 1.54) is 0 Å². The van der Waals surface area contributed by atoms with Crippen LogP contribution in [0.5, 0.6) is 0 Å². The molecular weight excluding hydrogens is 232 g/mol. The Morgan fingerprint density at radius 2 is 1.94 bits per heavy atom. The zero-order valence-corrected chi connectivity index (χ0v) is 11.5. The number of carbonyl (C=O) groups excluding carboxylic acids is 1. The molecule has 0 aliphatic carbocycles. The molecule has 5 heteroatoms. The molecule has 1 aliphatic heterocycles. The molecule has 1 aliphatic rings. The van der Waals surface area contributed by atoms with Crippen molar-refractivity contribution in [1.29, 1.82) is 0 Å². The molecule has 0 aromatic heterocycles. The van der Waals surface area contributed by atoms with Gasteiger partial charge in [-0.1, -0.05) is 20.8 Å². The fourth-order valence-electron chi connectivity index (χ4n) is 2.01. The highest BCUT2D eigenvalue weighted by Crippen LogP contribution is 2.23. The van der Waals surface area contributed by atoms with E-state index in [-0.39, 0.29) is 17.9 Å². The van der Waals surface area contributed by atoms with E-state index in [0.717, 1.165) is 12.8 Å². The number of hydrogen-bond donors (Lipinski definition) is 2. The summed E-state index contributed by atoms with van der Waals surface area (Å²) in [7, 11) is 0. The van der Waals surface area contributed by atoms with Crippen molar-refractivity contribution in [3.8, 4) is 0 Å². The van der Waals surface area contributed by atoms with Crippen LogP contribution >= 0.6 is 0 Å². The molecule has 1 saturated heterocycles. The molecule has 0 spiro atoms. The second-order valence-electron chi connectivity index (χ2n) is 5.56. The number of urea groups is 1. The van der Waals surface area contributed by atoms with Crippen LogP contribution in [-0.2, 0) is 4.79 Å². The normalized spacial score (nSPS) is 17.4. The SMILES string of the molecule is CC(C)CCCNC(=O)N1CC(C(C)C(=O)O)C1. The third-order valence-electron chi connectivity index (χ3n) is 3.53. The van der Waals surface area contributed by atoms with Gasteiger partial charge in [0.1, 0.15) is 0 Å². The van der Waals surface area contributed by atoms with Gasteiger partial charge in [-0.2, -0.15) is 0 Å². The van der Waals surface area contributed by atoms with Gasteiger partial charge in [0.05, 0.1) is 5.92 Å². The smallest absolute Gasteiger partial charge is 0.317 e. The average Bonchev–Trinajstić information content (AvgIpc) is 2.21. The Labute approximate surface area is 109 Å². The first-order chi connectivity index (χ1) is 8.41. The Balaban J connectivity index is 2.13. The molecule has 2 N–H and O–H groups in total. The minimum absolute atomic E-state index is 0.0624. The highest BCUT2D eigenvalue weighted by Gasteiger charge is 2.36. The maximum absolute atomic E-state index is 11.7. The fourth-order valence-corrected chi connectivity index (χ4v) is 2.01. The number of rotatable bonds is 6. The molecular formula is C13H24N2O3. The van der Waals surface area contributed by atoms with Crippen molar-refractivity contribution in [3.05, 3.63) is 0 Å². The Morgan fingerprint density at radius 3 is 2.44 bits per heavy atom. The predicted octanol–water partition coefficient (Wildman–Crippen LogP) is 1.78. The number of nitrogens with zero attached hydrogens (tertiary/aromatic N) is 1. The van der Waals surface area contributed by atoms with Crippen LogP contribution in [0.3, 0.4) is 0 Å². The molecule has 104 valence electrons. The first-order valence-electron chi connectivity index (χ1n) is 6.67. The van der Waals surface area contributed by atoms with Crippen LogP contribution in [-0.4, -0.2) is 41.6 Å². The van der Waals surface area contributed by atoms with Crippen LogP contribution in [0, 0.1) is 17.8 Å². The van der Waals surface area contributed by atoms with E-state index in [1.807, 2.05) is 0 Å². The average molecular weight is 256 g/mol. The molecule has 18 heavy (non-hydrogen) atoms. The standard InChI is InChI=1S/C13H24N2O3/c1-9(2)5-4-6-14-13(18)15-7-11(8-15)10(3)12(16)17/h9-11H,4-8H2,1-3H3,(H,14,18)(H,16,17). The van der Waals surface area contributed by atoms with E-state index in [1.54, 1.807) is 11.8 Å². The summed E-state index contributed by atoms with van der Waals surface area (Å²) in [5, 5.41) is 11.7. The van der Waals surface area contributed by atoms with Gasteiger partial charge < -0.3 is 15.3 Å². The Hall–Kier alpha value is -1.26. The van der Waals surface area contributed by atoms with Gasteiger partial charge in [0.2, 0.25) is 0 Å². The van der Waals surface area contributed by atoms with Crippen molar-refractivity contribution in [2.24, 2.45) is 17.8 Å². The molecule has 5 nitrogen and oxygen atoms in total. The summed E-state index contributed by atoms with van der Waals surface area (Å²) >= 11 is 0. The van der Waals surface area contributed by atoms with Crippen LogP contribution in [0.15, 0.2) is 0 Å². The minimum atomic E-state index is -0.781. The Kier molecular flexibility index (Phi) is 5.44. The first-order valence-corrected chi connectivity index (χ1v) is 6.67. The minimum Gasteiger partial charge on any atom is -0.481 e. The number of amides is 2. The van der Waals surface area contributed by atoms with Gasteiger partial charge in [-0.25, -0.2) is 4.79 Å². The third kappa shape index (κ3) is 4.20.